The highest BCUT2D eigenvalue weighted by Gasteiger charge is 2.28. The van der Waals surface area contributed by atoms with Crippen molar-refractivity contribution in [2.45, 2.75) is 20.8 Å². The van der Waals surface area contributed by atoms with E-state index in [0.29, 0.717) is 25.3 Å². The number of piperazine rings is 1. The molecule has 156 valence electrons. The van der Waals surface area contributed by atoms with Crippen molar-refractivity contribution in [1.29, 1.82) is 0 Å². The van der Waals surface area contributed by atoms with Gasteiger partial charge in [-0.05, 0) is 45.0 Å². The monoisotopic (exact) mass is 404 g/mol. The maximum atomic E-state index is 13.3. The zero-order valence-electron chi connectivity index (χ0n) is 17.8. The summed E-state index contributed by atoms with van der Waals surface area (Å²) in [4.78, 5) is 17.6. The molecule has 1 amide bonds. The zero-order chi connectivity index (χ0) is 21.1. The topological polar surface area (TPSA) is 50.6 Å². The number of aryl methyl sites for hydroxylation is 1. The average Bonchev–Trinajstić information content (AvgIpc) is 3.08. The number of benzene rings is 2. The summed E-state index contributed by atoms with van der Waals surface area (Å²) in [5.74, 6) is 0.959. The number of hydrogen-bond donors (Lipinski definition) is 0. The van der Waals surface area contributed by atoms with Crippen LogP contribution in [0.5, 0.6) is 5.75 Å². The van der Waals surface area contributed by atoms with Crippen molar-refractivity contribution in [1.82, 2.24) is 14.7 Å². The fourth-order valence-corrected chi connectivity index (χ4v) is 4.08. The van der Waals surface area contributed by atoms with E-state index in [4.69, 9.17) is 4.74 Å². The van der Waals surface area contributed by atoms with Crippen LogP contribution in [0.15, 0.2) is 54.6 Å². The van der Waals surface area contributed by atoms with Gasteiger partial charge in [-0.2, -0.15) is 5.10 Å². The van der Waals surface area contributed by atoms with Crippen LogP contribution in [0.2, 0.25) is 0 Å². The molecule has 3 aromatic rings. The first-order valence-electron chi connectivity index (χ1n) is 10.5. The maximum absolute atomic E-state index is 13.3. The van der Waals surface area contributed by atoms with Gasteiger partial charge < -0.3 is 14.5 Å². The Bertz CT molecular complexity index is 1020. The molecule has 1 aromatic heterocycles. The van der Waals surface area contributed by atoms with Gasteiger partial charge >= 0.3 is 0 Å². The van der Waals surface area contributed by atoms with E-state index in [1.54, 1.807) is 0 Å². The SMILES string of the molecule is CCOc1ccccc1N1CCN(C(=O)c2c(C)nn(-c3ccccc3)c2C)CC1. The Morgan fingerprint density at radius 2 is 1.63 bits per heavy atom. The van der Waals surface area contributed by atoms with Crippen molar-refractivity contribution in [2.24, 2.45) is 0 Å². The first-order chi connectivity index (χ1) is 14.6. The Balaban J connectivity index is 1.50. The Morgan fingerprint density at radius 1 is 0.967 bits per heavy atom. The molecule has 0 N–H and O–H groups in total. The van der Waals surface area contributed by atoms with Gasteiger partial charge in [-0.3, -0.25) is 4.79 Å². The highest BCUT2D eigenvalue weighted by Crippen LogP contribution is 2.29. The lowest BCUT2D eigenvalue weighted by Crippen LogP contribution is -2.49. The maximum Gasteiger partial charge on any atom is 0.257 e. The van der Waals surface area contributed by atoms with E-state index < -0.39 is 0 Å². The molecule has 2 aromatic carbocycles. The Labute approximate surface area is 177 Å². The molecular formula is C24H28N4O2. The van der Waals surface area contributed by atoms with Crippen molar-refractivity contribution in [2.75, 3.05) is 37.7 Å². The smallest absolute Gasteiger partial charge is 0.257 e. The Hall–Kier alpha value is -3.28. The molecule has 0 bridgehead atoms. The van der Waals surface area contributed by atoms with Crippen molar-refractivity contribution in [3.8, 4) is 11.4 Å². The summed E-state index contributed by atoms with van der Waals surface area (Å²) in [6.07, 6.45) is 0. The van der Waals surface area contributed by atoms with Gasteiger partial charge in [-0.1, -0.05) is 30.3 Å². The van der Waals surface area contributed by atoms with Gasteiger partial charge in [0.15, 0.2) is 0 Å². The van der Waals surface area contributed by atoms with Gasteiger partial charge in [-0.25, -0.2) is 4.68 Å². The molecule has 2 heterocycles. The number of anilines is 1. The second-order valence-corrected chi connectivity index (χ2v) is 7.47. The van der Waals surface area contributed by atoms with E-state index in [9.17, 15) is 4.79 Å². The van der Waals surface area contributed by atoms with Crippen LogP contribution >= 0.6 is 0 Å². The molecule has 6 nitrogen and oxygen atoms in total. The van der Waals surface area contributed by atoms with E-state index in [1.165, 1.54) is 0 Å². The largest absolute Gasteiger partial charge is 0.492 e. The third-order valence-electron chi connectivity index (χ3n) is 5.58. The van der Waals surface area contributed by atoms with Crippen molar-refractivity contribution >= 4 is 11.6 Å². The van der Waals surface area contributed by atoms with Crippen LogP contribution in [-0.2, 0) is 0 Å². The van der Waals surface area contributed by atoms with Gasteiger partial charge in [0.1, 0.15) is 5.75 Å². The van der Waals surface area contributed by atoms with Crippen molar-refractivity contribution in [3.05, 3.63) is 71.5 Å². The first-order valence-corrected chi connectivity index (χ1v) is 10.5. The molecule has 0 saturated carbocycles. The minimum atomic E-state index is 0.0601. The predicted octanol–water partition coefficient (Wildman–Crippen LogP) is 3.85. The van der Waals surface area contributed by atoms with E-state index in [2.05, 4.69) is 16.1 Å². The molecule has 4 rings (SSSR count). The highest BCUT2D eigenvalue weighted by atomic mass is 16.5. The molecule has 1 aliphatic heterocycles. The van der Waals surface area contributed by atoms with Gasteiger partial charge in [0.2, 0.25) is 0 Å². The Morgan fingerprint density at radius 3 is 2.33 bits per heavy atom. The highest BCUT2D eigenvalue weighted by molar-refractivity contribution is 5.96. The summed E-state index contributed by atoms with van der Waals surface area (Å²) < 4.78 is 7.64. The van der Waals surface area contributed by atoms with Crippen LogP contribution in [0.3, 0.4) is 0 Å². The Kier molecular flexibility index (Phi) is 5.74. The summed E-state index contributed by atoms with van der Waals surface area (Å²) in [6, 6.07) is 18.0. The van der Waals surface area contributed by atoms with Crippen LogP contribution in [-0.4, -0.2) is 53.4 Å². The quantitative estimate of drug-likeness (QED) is 0.648. The number of carbonyl (C=O) groups excluding carboxylic acids is 1. The number of carbonyl (C=O) groups is 1. The normalized spacial score (nSPS) is 14.1. The number of ether oxygens (including phenoxy) is 1. The van der Waals surface area contributed by atoms with E-state index in [-0.39, 0.29) is 5.91 Å². The van der Waals surface area contributed by atoms with Crippen LogP contribution in [0.25, 0.3) is 5.69 Å². The summed E-state index contributed by atoms with van der Waals surface area (Å²) in [6.45, 7) is 9.42. The number of para-hydroxylation sites is 3. The standard InChI is InChI=1S/C24H28N4O2/c1-4-30-22-13-9-8-12-21(22)26-14-16-27(17-15-26)24(29)23-18(2)25-28(19(23)3)20-10-6-5-7-11-20/h5-13H,4,14-17H2,1-3H3. The number of hydrogen-bond acceptors (Lipinski definition) is 4. The molecule has 0 atom stereocenters. The predicted molar refractivity (Wildman–Crippen MR) is 119 cm³/mol. The fraction of sp³-hybridized carbons (Fsp3) is 0.333. The summed E-state index contributed by atoms with van der Waals surface area (Å²) in [5, 5.41) is 4.63. The molecule has 30 heavy (non-hydrogen) atoms. The molecule has 1 fully saturated rings. The van der Waals surface area contributed by atoms with E-state index >= 15 is 0 Å². The molecule has 0 unspecified atom stereocenters. The summed E-state index contributed by atoms with van der Waals surface area (Å²) in [5.41, 5.74) is 4.42. The van der Waals surface area contributed by atoms with Gasteiger partial charge in [0.05, 0.1) is 34.9 Å². The van der Waals surface area contributed by atoms with Gasteiger partial charge in [0, 0.05) is 26.2 Å². The lowest BCUT2D eigenvalue weighted by Gasteiger charge is -2.36. The van der Waals surface area contributed by atoms with Crippen molar-refractivity contribution < 1.29 is 9.53 Å². The number of amides is 1. The third-order valence-corrected chi connectivity index (χ3v) is 5.58. The van der Waals surface area contributed by atoms with Crippen LogP contribution < -0.4 is 9.64 Å². The number of aromatic nitrogens is 2. The molecule has 1 saturated heterocycles. The average molecular weight is 405 g/mol. The molecule has 1 aliphatic rings. The molecule has 6 heteroatoms. The van der Waals surface area contributed by atoms with E-state index in [0.717, 1.165) is 41.6 Å². The number of nitrogens with zero attached hydrogens (tertiary/aromatic N) is 4. The molecule has 0 radical (unpaired) electrons. The lowest BCUT2D eigenvalue weighted by molar-refractivity contribution is 0.0745. The second kappa shape index (κ2) is 8.61. The van der Waals surface area contributed by atoms with Crippen LogP contribution in [0.1, 0.15) is 28.7 Å². The van der Waals surface area contributed by atoms with Crippen LogP contribution in [0, 0.1) is 13.8 Å². The van der Waals surface area contributed by atoms with E-state index in [1.807, 2.05) is 78.9 Å². The van der Waals surface area contributed by atoms with Gasteiger partial charge in [-0.15, -0.1) is 0 Å². The van der Waals surface area contributed by atoms with Crippen molar-refractivity contribution in [3.63, 3.8) is 0 Å². The fourth-order valence-electron chi connectivity index (χ4n) is 4.08. The second-order valence-electron chi connectivity index (χ2n) is 7.47. The molecule has 0 spiro atoms. The summed E-state index contributed by atoms with van der Waals surface area (Å²) >= 11 is 0. The van der Waals surface area contributed by atoms with Gasteiger partial charge in [0.25, 0.3) is 5.91 Å². The minimum Gasteiger partial charge on any atom is -0.492 e. The minimum absolute atomic E-state index is 0.0601. The summed E-state index contributed by atoms with van der Waals surface area (Å²) in [7, 11) is 0. The lowest BCUT2D eigenvalue weighted by atomic mass is 10.1. The molecule has 0 aliphatic carbocycles. The molecular weight excluding hydrogens is 376 g/mol. The third kappa shape index (κ3) is 3.77. The first kappa shape index (κ1) is 20.0. The van der Waals surface area contributed by atoms with Crippen LogP contribution in [0.4, 0.5) is 5.69 Å². The zero-order valence-corrected chi connectivity index (χ0v) is 17.8. The number of rotatable bonds is 5.